The van der Waals surface area contributed by atoms with Crippen molar-refractivity contribution < 1.29 is 19.9 Å². The number of nitrogens with one attached hydrogen (secondary N) is 1. The SMILES string of the molecule is CC(O)(/C(=N\C(=O)c1ccc(C#Cc2ccc(N)cc2)cc1)C(=O)NO)n1ccnn1. The van der Waals surface area contributed by atoms with Gasteiger partial charge in [-0.2, -0.15) is 0 Å². The van der Waals surface area contributed by atoms with Gasteiger partial charge in [0.1, 0.15) is 0 Å². The van der Waals surface area contributed by atoms with Crippen molar-refractivity contribution in [3.8, 4) is 11.8 Å². The number of aliphatic imine (C=N–C) groups is 1. The highest BCUT2D eigenvalue weighted by atomic mass is 16.5. The fourth-order valence-corrected chi connectivity index (χ4v) is 2.55. The molecule has 0 aliphatic rings. The third-order valence-corrected chi connectivity index (χ3v) is 4.24. The van der Waals surface area contributed by atoms with Gasteiger partial charge in [-0.3, -0.25) is 14.8 Å². The van der Waals surface area contributed by atoms with Crippen LogP contribution in [-0.4, -0.2) is 42.8 Å². The van der Waals surface area contributed by atoms with Gasteiger partial charge >= 0.3 is 0 Å². The van der Waals surface area contributed by atoms with Gasteiger partial charge in [0.05, 0.1) is 6.20 Å². The molecule has 31 heavy (non-hydrogen) atoms. The number of hydrogen-bond donors (Lipinski definition) is 4. The molecule has 0 bridgehead atoms. The molecule has 1 atom stereocenters. The second kappa shape index (κ2) is 9.00. The first-order valence-corrected chi connectivity index (χ1v) is 8.96. The van der Waals surface area contributed by atoms with E-state index < -0.39 is 23.3 Å². The summed E-state index contributed by atoms with van der Waals surface area (Å²) in [5.74, 6) is 3.97. The van der Waals surface area contributed by atoms with Crippen molar-refractivity contribution in [2.45, 2.75) is 12.6 Å². The van der Waals surface area contributed by atoms with Crippen LogP contribution in [-0.2, 0) is 10.5 Å². The van der Waals surface area contributed by atoms with Gasteiger partial charge in [-0.15, -0.1) is 5.10 Å². The molecule has 2 aromatic carbocycles. The molecule has 3 rings (SSSR count). The van der Waals surface area contributed by atoms with Crippen molar-refractivity contribution in [3.05, 3.63) is 77.6 Å². The van der Waals surface area contributed by atoms with Gasteiger partial charge in [0, 0.05) is 28.6 Å². The van der Waals surface area contributed by atoms with E-state index in [1.807, 2.05) is 0 Å². The van der Waals surface area contributed by atoms with Gasteiger partial charge in [-0.1, -0.05) is 17.1 Å². The summed E-state index contributed by atoms with van der Waals surface area (Å²) < 4.78 is 0.921. The summed E-state index contributed by atoms with van der Waals surface area (Å²) in [7, 11) is 0. The summed E-state index contributed by atoms with van der Waals surface area (Å²) in [5.41, 5.74) is 6.44. The number of rotatable bonds is 4. The Morgan fingerprint density at radius 3 is 2.19 bits per heavy atom. The van der Waals surface area contributed by atoms with Crippen LogP contribution in [0.5, 0.6) is 0 Å². The maximum Gasteiger partial charge on any atom is 0.294 e. The lowest BCUT2D eigenvalue weighted by Crippen LogP contribution is -2.47. The van der Waals surface area contributed by atoms with Crippen molar-refractivity contribution in [3.63, 3.8) is 0 Å². The van der Waals surface area contributed by atoms with Gasteiger partial charge in [0.15, 0.2) is 5.71 Å². The molecule has 0 aliphatic heterocycles. The molecule has 10 nitrogen and oxygen atoms in total. The molecule has 156 valence electrons. The quantitative estimate of drug-likeness (QED) is 0.160. The van der Waals surface area contributed by atoms with Crippen molar-refractivity contribution in [2.75, 3.05) is 5.73 Å². The molecule has 1 heterocycles. The van der Waals surface area contributed by atoms with Gasteiger partial charge < -0.3 is 10.8 Å². The first kappa shape index (κ1) is 21.4. The molecule has 1 aromatic heterocycles. The lowest BCUT2D eigenvalue weighted by Gasteiger charge is -2.23. The molecule has 0 fully saturated rings. The zero-order valence-electron chi connectivity index (χ0n) is 16.4. The number of amides is 2. The summed E-state index contributed by atoms with van der Waals surface area (Å²) in [4.78, 5) is 28.3. The molecule has 1 unspecified atom stereocenters. The average molecular weight is 418 g/mol. The Morgan fingerprint density at radius 2 is 1.68 bits per heavy atom. The minimum Gasteiger partial charge on any atom is -0.399 e. The van der Waals surface area contributed by atoms with E-state index in [4.69, 9.17) is 10.9 Å². The van der Waals surface area contributed by atoms with Gasteiger partial charge in [0.25, 0.3) is 11.8 Å². The van der Waals surface area contributed by atoms with Crippen LogP contribution in [0.15, 0.2) is 65.9 Å². The number of nitrogen functional groups attached to an aromatic ring is 1. The number of anilines is 1. The summed E-state index contributed by atoms with van der Waals surface area (Å²) in [6, 6.07) is 13.3. The third kappa shape index (κ3) is 4.99. The van der Waals surface area contributed by atoms with Crippen LogP contribution < -0.4 is 11.2 Å². The minimum atomic E-state index is -2.14. The number of carbonyl (C=O) groups excluding carboxylic acids is 2. The van der Waals surface area contributed by atoms with E-state index in [1.54, 1.807) is 36.4 Å². The van der Waals surface area contributed by atoms with Crippen LogP contribution >= 0.6 is 0 Å². The Kier molecular flexibility index (Phi) is 6.21. The smallest absolute Gasteiger partial charge is 0.294 e. The van der Waals surface area contributed by atoms with Crippen LogP contribution in [0.2, 0.25) is 0 Å². The molecule has 0 spiro atoms. The Bertz CT molecular complexity index is 1170. The van der Waals surface area contributed by atoms with Crippen molar-refractivity contribution >= 4 is 23.2 Å². The minimum absolute atomic E-state index is 0.149. The van der Waals surface area contributed by atoms with Crippen molar-refractivity contribution in [1.82, 2.24) is 20.5 Å². The molecule has 2 amide bonds. The second-order valence-corrected chi connectivity index (χ2v) is 6.52. The number of aromatic nitrogens is 3. The highest BCUT2D eigenvalue weighted by molar-refractivity contribution is 6.42. The molecule has 0 saturated carbocycles. The number of carbonyl (C=O) groups is 2. The largest absolute Gasteiger partial charge is 0.399 e. The van der Waals surface area contributed by atoms with Crippen LogP contribution in [0, 0.1) is 11.8 Å². The van der Waals surface area contributed by atoms with E-state index in [-0.39, 0.29) is 5.56 Å². The molecule has 3 aromatic rings. The highest BCUT2D eigenvalue weighted by Gasteiger charge is 2.36. The Labute approximate surface area is 177 Å². The fraction of sp³-hybridized carbons (Fsp3) is 0.0952. The van der Waals surface area contributed by atoms with E-state index in [9.17, 15) is 14.7 Å². The van der Waals surface area contributed by atoms with E-state index in [2.05, 4.69) is 27.1 Å². The standard InChI is InChI=1S/C21H18N6O4/c1-21(30,27-13-12-23-26-27)18(20(29)25-31)24-19(28)16-8-4-14(5-9-16)2-3-15-6-10-17(22)11-7-15/h4-13,30-31H,22H2,1H3,(H,25,29)/b24-18-. The molecule has 5 N–H and O–H groups in total. The molecule has 0 aliphatic carbocycles. The van der Waals surface area contributed by atoms with Gasteiger partial charge in [-0.25, -0.2) is 15.2 Å². The average Bonchev–Trinajstić information content (AvgIpc) is 3.32. The van der Waals surface area contributed by atoms with E-state index >= 15 is 0 Å². The number of hydrogen-bond acceptors (Lipinski definition) is 7. The van der Waals surface area contributed by atoms with E-state index in [1.165, 1.54) is 36.9 Å². The molecular formula is C21H18N6O4. The summed E-state index contributed by atoms with van der Waals surface area (Å²) >= 11 is 0. The highest BCUT2D eigenvalue weighted by Crippen LogP contribution is 2.15. The second-order valence-electron chi connectivity index (χ2n) is 6.52. The third-order valence-electron chi connectivity index (χ3n) is 4.24. The molecule has 0 saturated heterocycles. The zero-order chi connectivity index (χ0) is 22.4. The van der Waals surface area contributed by atoms with E-state index in [0.717, 1.165) is 10.2 Å². The first-order valence-electron chi connectivity index (χ1n) is 8.96. The van der Waals surface area contributed by atoms with Crippen LogP contribution in [0.25, 0.3) is 0 Å². The summed E-state index contributed by atoms with van der Waals surface area (Å²) in [6.07, 6.45) is 2.55. The first-order chi connectivity index (χ1) is 14.8. The lowest BCUT2D eigenvalue weighted by atomic mass is 10.1. The summed E-state index contributed by atoms with van der Waals surface area (Å²) in [6.45, 7) is 1.18. The summed E-state index contributed by atoms with van der Waals surface area (Å²) in [5, 5.41) is 26.8. The molecule has 10 heteroatoms. The molecular weight excluding hydrogens is 400 g/mol. The zero-order valence-corrected chi connectivity index (χ0v) is 16.4. The van der Waals surface area contributed by atoms with Gasteiger partial charge in [-0.05, 0) is 55.5 Å². The fourth-order valence-electron chi connectivity index (χ4n) is 2.55. The van der Waals surface area contributed by atoms with Crippen LogP contribution in [0.1, 0.15) is 28.4 Å². The number of nitrogens with two attached hydrogens (primary N) is 1. The van der Waals surface area contributed by atoms with Crippen molar-refractivity contribution in [1.29, 1.82) is 0 Å². The molecule has 0 radical (unpaired) electrons. The van der Waals surface area contributed by atoms with Crippen LogP contribution in [0.3, 0.4) is 0 Å². The Balaban J connectivity index is 1.84. The van der Waals surface area contributed by atoms with Crippen molar-refractivity contribution in [2.24, 2.45) is 4.99 Å². The predicted octanol–water partition coefficient (Wildman–Crippen LogP) is 0.712. The topological polar surface area (TPSA) is 156 Å². The van der Waals surface area contributed by atoms with Crippen LogP contribution in [0.4, 0.5) is 5.69 Å². The Morgan fingerprint density at radius 1 is 1.10 bits per heavy atom. The monoisotopic (exact) mass is 418 g/mol. The lowest BCUT2D eigenvalue weighted by molar-refractivity contribution is -0.124. The number of aliphatic hydroxyl groups is 1. The number of nitrogens with zero attached hydrogens (tertiary/aromatic N) is 4. The van der Waals surface area contributed by atoms with E-state index in [0.29, 0.717) is 11.3 Å². The normalized spacial score (nSPS) is 12.9. The van der Waals surface area contributed by atoms with Gasteiger partial charge in [0.2, 0.25) is 5.72 Å². The Hall–Kier alpha value is -4.33. The maximum atomic E-state index is 12.6. The maximum absolute atomic E-state index is 12.6. The number of benzene rings is 2. The predicted molar refractivity (Wildman–Crippen MR) is 111 cm³/mol. The number of hydroxylamine groups is 1.